The molecule has 0 spiro atoms. The summed E-state index contributed by atoms with van der Waals surface area (Å²) >= 11 is 0. The second kappa shape index (κ2) is 38.3. The monoisotopic (exact) mass is 902 g/mol. The van der Waals surface area contributed by atoms with Crippen LogP contribution in [0.3, 0.4) is 0 Å². The van der Waals surface area contributed by atoms with Crippen LogP contribution >= 0.6 is 0 Å². The first-order valence-electron chi connectivity index (χ1n) is 24.1. The average Bonchev–Trinajstić information content (AvgIpc) is 3.24. The van der Waals surface area contributed by atoms with Gasteiger partial charge in [0.05, 0.1) is 25.4 Å². The Labute approximate surface area is 375 Å². The van der Waals surface area contributed by atoms with Crippen LogP contribution in [0.5, 0.6) is 0 Å². The van der Waals surface area contributed by atoms with E-state index in [0.717, 1.165) is 70.6 Å². The molecule has 1 fully saturated rings. The fourth-order valence-electron chi connectivity index (χ4n) is 7.31. The number of allylic oxidation sites excluding steroid dienone is 7. The minimum Gasteiger partial charge on any atom is -0.394 e. The smallest absolute Gasteiger partial charge is 0.394 e. The highest BCUT2D eigenvalue weighted by Crippen LogP contribution is 2.26. The van der Waals surface area contributed by atoms with Gasteiger partial charge in [0.25, 0.3) is 0 Å². The summed E-state index contributed by atoms with van der Waals surface area (Å²) < 4.78 is 47.5. The van der Waals surface area contributed by atoms with Crippen LogP contribution in [0.2, 0.25) is 0 Å². The third-order valence-electron chi connectivity index (χ3n) is 11.2. The van der Waals surface area contributed by atoms with Crippen molar-refractivity contribution >= 4 is 16.3 Å². The molecule has 0 aliphatic carbocycles. The van der Waals surface area contributed by atoms with Gasteiger partial charge in [-0.2, -0.15) is 8.42 Å². The lowest BCUT2D eigenvalue weighted by molar-refractivity contribution is -0.298. The summed E-state index contributed by atoms with van der Waals surface area (Å²) in [6.45, 7) is 3.17. The molecule has 8 atom stereocenters. The minimum atomic E-state index is -5.13. The number of ether oxygens (including phenoxy) is 2. The van der Waals surface area contributed by atoms with Gasteiger partial charge in [-0.15, -0.1) is 0 Å². The molecule has 7 N–H and O–H groups in total. The predicted octanol–water partition coefficient (Wildman–Crippen LogP) is 8.63. The summed E-state index contributed by atoms with van der Waals surface area (Å²) in [7, 11) is -5.13. The van der Waals surface area contributed by atoms with Crippen molar-refractivity contribution in [1.29, 1.82) is 0 Å². The first-order chi connectivity index (χ1) is 29.9. The lowest BCUT2D eigenvalue weighted by Crippen LogP contribution is -2.61. The summed E-state index contributed by atoms with van der Waals surface area (Å²) in [5.41, 5.74) is 0. The van der Waals surface area contributed by atoms with E-state index in [9.17, 15) is 43.3 Å². The second-order valence-corrected chi connectivity index (χ2v) is 17.9. The Morgan fingerprint density at radius 1 is 0.645 bits per heavy atom. The zero-order valence-electron chi connectivity index (χ0n) is 38.3. The topological polar surface area (TPSA) is 212 Å². The molecule has 13 nitrogen and oxygen atoms in total. The van der Waals surface area contributed by atoms with Gasteiger partial charge in [0.1, 0.15) is 30.5 Å². The van der Waals surface area contributed by atoms with Crippen LogP contribution in [-0.4, -0.2) is 107 Å². The number of amides is 1. The normalized spacial score (nSPS) is 21.5. The van der Waals surface area contributed by atoms with E-state index in [-0.39, 0.29) is 6.42 Å². The maximum atomic E-state index is 13.1. The van der Waals surface area contributed by atoms with Crippen molar-refractivity contribution in [2.45, 2.75) is 236 Å². The lowest BCUT2D eigenvalue weighted by atomic mass is 9.99. The van der Waals surface area contributed by atoms with Crippen LogP contribution in [0.4, 0.5) is 0 Å². The number of unbranched alkanes of at least 4 members (excludes halogenated alkanes) is 21. The molecule has 0 aromatic carbocycles. The van der Waals surface area contributed by atoms with Crippen LogP contribution < -0.4 is 5.32 Å². The fourth-order valence-corrected chi connectivity index (χ4v) is 7.82. The van der Waals surface area contributed by atoms with Gasteiger partial charge >= 0.3 is 10.4 Å². The molecule has 362 valence electrons. The van der Waals surface area contributed by atoms with Gasteiger partial charge in [0.2, 0.25) is 5.91 Å². The Morgan fingerprint density at radius 3 is 1.56 bits per heavy atom. The number of carbonyl (C=O) groups is 1. The van der Waals surface area contributed by atoms with E-state index in [0.29, 0.717) is 12.8 Å². The first-order valence-corrected chi connectivity index (χ1v) is 25.5. The molecular weight excluding hydrogens is 815 g/mol. The predicted molar refractivity (Wildman–Crippen MR) is 247 cm³/mol. The zero-order chi connectivity index (χ0) is 45.7. The van der Waals surface area contributed by atoms with Crippen LogP contribution in [0.1, 0.15) is 187 Å². The minimum absolute atomic E-state index is 0.225. The van der Waals surface area contributed by atoms with E-state index in [4.69, 9.17) is 9.47 Å². The average molecular weight is 902 g/mol. The van der Waals surface area contributed by atoms with Crippen LogP contribution in [0.15, 0.2) is 48.6 Å². The van der Waals surface area contributed by atoms with Gasteiger partial charge in [-0.3, -0.25) is 9.35 Å². The number of rotatable bonds is 40. The molecule has 8 unspecified atom stereocenters. The highest BCUT2D eigenvalue weighted by atomic mass is 32.3. The second-order valence-electron chi connectivity index (χ2n) is 16.8. The van der Waals surface area contributed by atoms with Gasteiger partial charge in [0, 0.05) is 0 Å². The maximum Gasteiger partial charge on any atom is 0.397 e. The molecule has 62 heavy (non-hydrogen) atoms. The van der Waals surface area contributed by atoms with E-state index in [2.05, 4.69) is 59.8 Å². The first kappa shape index (κ1) is 58.0. The number of carbonyl (C=O) groups excluding carboxylic acids is 1. The molecule has 0 aromatic heterocycles. The van der Waals surface area contributed by atoms with Crippen molar-refractivity contribution in [3.63, 3.8) is 0 Å². The van der Waals surface area contributed by atoms with Gasteiger partial charge in [-0.25, -0.2) is 4.18 Å². The van der Waals surface area contributed by atoms with Gasteiger partial charge in [0.15, 0.2) is 6.29 Å². The van der Waals surface area contributed by atoms with E-state index in [1.807, 2.05) is 0 Å². The van der Waals surface area contributed by atoms with Crippen molar-refractivity contribution in [2.24, 2.45) is 0 Å². The van der Waals surface area contributed by atoms with Crippen molar-refractivity contribution in [3.05, 3.63) is 48.6 Å². The molecule has 1 aliphatic heterocycles. The number of aliphatic hydroxyl groups is 5. The molecule has 1 rings (SSSR count). The molecule has 1 heterocycles. The Balaban J connectivity index is 2.62. The van der Waals surface area contributed by atoms with Crippen LogP contribution in [-0.2, 0) is 28.9 Å². The number of aliphatic hydroxyl groups excluding tert-OH is 5. The van der Waals surface area contributed by atoms with Crippen LogP contribution in [0.25, 0.3) is 0 Å². The fraction of sp³-hybridized carbons (Fsp3) is 0.812. The lowest BCUT2D eigenvalue weighted by Gasteiger charge is -2.41. The van der Waals surface area contributed by atoms with Crippen molar-refractivity contribution in [1.82, 2.24) is 5.32 Å². The number of hydrogen-bond donors (Lipinski definition) is 7. The van der Waals surface area contributed by atoms with Gasteiger partial charge < -0.3 is 40.3 Å². The van der Waals surface area contributed by atoms with E-state index >= 15 is 0 Å². The Hall–Kier alpha value is -1.98. The molecule has 0 bridgehead atoms. The summed E-state index contributed by atoms with van der Waals surface area (Å²) in [4.78, 5) is 13.1. The highest BCUT2D eigenvalue weighted by molar-refractivity contribution is 7.80. The van der Waals surface area contributed by atoms with Gasteiger partial charge in [-0.05, 0) is 70.6 Å². The molecule has 1 amide bonds. The van der Waals surface area contributed by atoms with Crippen LogP contribution in [0, 0.1) is 0 Å². The standard InChI is InChI=1S/C48H87NO12S/c1-3-5-7-9-11-13-15-17-19-20-21-22-23-25-26-28-30-32-34-36-41(51)40(39-59-48-45(54)46(61-62(56,57)58)44(53)43(38-50)60-48)49-47(55)42(52)37-35-33-31-29-27-24-18-16-14-12-10-8-6-4-2/h14,16,21-22,26,28,34,36,40-46,48,50-54H,3-13,15,17-20,23-25,27,29-33,35,37-39H2,1-2H3,(H,49,55)(H,56,57,58)/b16-14-,22-21+,28-26+,36-34+. The summed E-state index contributed by atoms with van der Waals surface area (Å²) in [6.07, 6.45) is 34.8. The Morgan fingerprint density at radius 2 is 1.08 bits per heavy atom. The third-order valence-corrected chi connectivity index (χ3v) is 11.6. The van der Waals surface area contributed by atoms with Crippen molar-refractivity contribution in [2.75, 3.05) is 13.2 Å². The van der Waals surface area contributed by atoms with Crippen molar-refractivity contribution < 1.29 is 57.0 Å². The molecule has 0 radical (unpaired) electrons. The molecular formula is C48H87NO12S. The van der Waals surface area contributed by atoms with E-state index in [1.165, 1.54) is 89.5 Å². The summed E-state index contributed by atoms with van der Waals surface area (Å²) in [5, 5.41) is 55.2. The molecule has 14 heteroatoms. The Bertz CT molecular complexity index is 1310. The molecule has 0 saturated carbocycles. The molecule has 1 saturated heterocycles. The molecule has 0 aromatic rings. The van der Waals surface area contributed by atoms with E-state index < -0.39 is 78.5 Å². The SMILES string of the molecule is CCCCCC/C=C\CCCCCCCCC(O)C(=O)NC(COC1OC(CO)C(O)C(OS(=O)(=O)O)C1O)C(O)/C=C/CC/C=C/CC/C=C/CCCCCCCCCCC. The third kappa shape index (κ3) is 30.2. The Kier molecular flexibility index (Phi) is 35.9. The largest absolute Gasteiger partial charge is 0.397 e. The molecule has 1 aliphatic rings. The highest BCUT2D eigenvalue weighted by Gasteiger charge is 2.48. The zero-order valence-corrected chi connectivity index (χ0v) is 39.1. The van der Waals surface area contributed by atoms with Crippen molar-refractivity contribution in [3.8, 4) is 0 Å². The maximum absolute atomic E-state index is 13.1. The van der Waals surface area contributed by atoms with E-state index in [1.54, 1.807) is 6.08 Å². The number of hydrogen-bond acceptors (Lipinski definition) is 11. The van der Waals surface area contributed by atoms with Gasteiger partial charge in [-0.1, -0.05) is 165 Å². The summed E-state index contributed by atoms with van der Waals surface area (Å²) in [6, 6.07) is -1.15. The quantitative estimate of drug-likeness (QED) is 0.0175. The summed E-state index contributed by atoms with van der Waals surface area (Å²) in [5.74, 6) is -0.723. The number of nitrogens with one attached hydrogen (secondary N) is 1.